The fourth-order valence-corrected chi connectivity index (χ4v) is 7.01. The Morgan fingerprint density at radius 3 is 2.73 bits per heavy atom. The van der Waals surface area contributed by atoms with Crippen molar-refractivity contribution in [3.63, 3.8) is 0 Å². The lowest BCUT2D eigenvalue weighted by molar-refractivity contribution is 0.0908. The zero-order valence-electron chi connectivity index (χ0n) is 22.7. The number of anilines is 1. The largest absolute Gasteiger partial charge is 0.477 e. The van der Waals surface area contributed by atoms with E-state index in [2.05, 4.69) is 41.8 Å². The second-order valence-electron chi connectivity index (χ2n) is 10.3. The molecule has 1 saturated heterocycles. The summed E-state index contributed by atoms with van der Waals surface area (Å²) in [6, 6.07) is 2.91. The third-order valence-corrected chi connectivity index (χ3v) is 9.92. The lowest BCUT2D eigenvalue weighted by Gasteiger charge is -2.32. The Hall–Kier alpha value is -3.16. The van der Waals surface area contributed by atoms with Crippen molar-refractivity contribution in [3.05, 3.63) is 47.6 Å². The van der Waals surface area contributed by atoms with Gasteiger partial charge in [0.05, 0.1) is 46.6 Å². The van der Waals surface area contributed by atoms with E-state index in [0.717, 1.165) is 32.5 Å². The molecule has 2 fully saturated rings. The molecule has 3 aromatic rings. The third kappa shape index (κ3) is 7.12. The molecule has 11 nitrogen and oxygen atoms in total. The molecule has 3 aromatic heterocycles. The van der Waals surface area contributed by atoms with Crippen molar-refractivity contribution >= 4 is 33.0 Å². The molecule has 0 bridgehead atoms. The summed E-state index contributed by atoms with van der Waals surface area (Å²) in [5, 5.41) is 3.10. The van der Waals surface area contributed by atoms with Gasteiger partial charge in [0.2, 0.25) is 15.9 Å². The summed E-state index contributed by atoms with van der Waals surface area (Å²) in [4.78, 5) is 34.1. The normalized spacial score (nSPS) is 17.6. The molecule has 1 amide bonds. The number of aromatic nitrogens is 4. The Balaban J connectivity index is 1.36. The monoisotopic (exact) mass is 585 g/mol. The van der Waals surface area contributed by atoms with E-state index in [9.17, 15) is 13.2 Å². The highest BCUT2D eigenvalue weighted by atomic mass is 32.2. The number of hydrogen-bond acceptors (Lipinski definition) is 10. The second-order valence-corrected chi connectivity index (χ2v) is 13.3. The van der Waals surface area contributed by atoms with E-state index in [-0.39, 0.29) is 17.1 Å². The van der Waals surface area contributed by atoms with Crippen LogP contribution in [0.3, 0.4) is 0 Å². The molecule has 4 heterocycles. The smallest absolute Gasteiger partial charge is 0.280 e. The van der Waals surface area contributed by atoms with Crippen molar-refractivity contribution in [1.82, 2.24) is 30.2 Å². The zero-order valence-corrected chi connectivity index (χ0v) is 24.4. The minimum atomic E-state index is -3.42. The number of piperidine rings is 1. The van der Waals surface area contributed by atoms with Crippen molar-refractivity contribution in [2.45, 2.75) is 57.2 Å². The Morgan fingerprint density at radius 1 is 1.18 bits per heavy atom. The zero-order chi connectivity index (χ0) is 28.1. The molecule has 1 aliphatic heterocycles. The van der Waals surface area contributed by atoms with Crippen LogP contribution in [0.1, 0.15) is 67.5 Å². The third-order valence-electron chi connectivity index (χ3n) is 7.03. The van der Waals surface area contributed by atoms with Gasteiger partial charge in [-0.3, -0.25) is 19.5 Å². The molecule has 0 spiro atoms. The number of amides is 1. The van der Waals surface area contributed by atoms with E-state index in [4.69, 9.17) is 4.74 Å². The van der Waals surface area contributed by atoms with Crippen LogP contribution in [0.2, 0.25) is 0 Å². The number of nitrogens with one attached hydrogen (secondary N) is 2. The van der Waals surface area contributed by atoms with Gasteiger partial charge in [0.15, 0.2) is 5.01 Å². The highest BCUT2D eigenvalue weighted by Gasteiger charge is 2.36. The fraction of sp³-hybridized carbons (Fsp3) is 0.519. The maximum atomic E-state index is 13.5. The Bertz CT molecular complexity index is 1420. The van der Waals surface area contributed by atoms with Crippen LogP contribution >= 0.6 is 11.3 Å². The van der Waals surface area contributed by atoms with Gasteiger partial charge in [0.1, 0.15) is 5.69 Å². The van der Waals surface area contributed by atoms with Crippen molar-refractivity contribution in [1.29, 1.82) is 0 Å². The lowest BCUT2D eigenvalue weighted by atomic mass is 9.96. The highest BCUT2D eigenvalue weighted by Crippen LogP contribution is 2.31. The van der Waals surface area contributed by atoms with Crippen molar-refractivity contribution in [3.8, 4) is 16.5 Å². The Kier molecular flexibility index (Phi) is 8.91. The molecule has 2 N–H and O–H groups in total. The molecule has 2 atom stereocenters. The van der Waals surface area contributed by atoms with Gasteiger partial charge in [0.25, 0.3) is 5.91 Å². The van der Waals surface area contributed by atoms with Crippen molar-refractivity contribution in [2.75, 3.05) is 31.0 Å². The standard InChI is InChI=1S/C27H35N7O4S2/c1-3-38-24-16-28-14-22(31-24)23-15-30-27(39-23)26(35)32-25(18(2)17-34-11-5-4-6-12-34)21-13-19(9-10-29-21)33-40(36,37)20-7-8-20/h9-10,13-16,18,20,25H,3-8,11-12,17H2,1-2H3,(H,29,33)(H,32,35)/t18-,25-/m0/s1. The van der Waals surface area contributed by atoms with Crippen LogP contribution in [0, 0.1) is 5.92 Å². The first-order chi connectivity index (χ1) is 19.3. The van der Waals surface area contributed by atoms with E-state index >= 15 is 0 Å². The van der Waals surface area contributed by atoms with E-state index in [1.165, 1.54) is 17.8 Å². The molecule has 1 aliphatic carbocycles. The molecular formula is C27H35N7O4S2. The fourth-order valence-electron chi connectivity index (χ4n) is 4.85. The van der Waals surface area contributed by atoms with Gasteiger partial charge < -0.3 is 15.0 Å². The van der Waals surface area contributed by atoms with Gasteiger partial charge >= 0.3 is 0 Å². The summed E-state index contributed by atoms with van der Waals surface area (Å²) in [5.41, 5.74) is 1.63. The van der Waals surface area contributed by atoms with E-state index < -0.39 is 16.1 Å². The van der Waals surface area contributed by atoms with Gasteiger partial charge in [-0.1, -0.05) is 13.3 Å². The first-order valence-corrected chi connectivity index (χ1v) is 16.1. The summed E-state index contributed by atoms with van der Waals surface area (Å²) in [6.45, 7) is 7.27. The quantitative estimate of drug-likeness (QED) is 0.324. The molecule has 40 heavy (non-hydrogen) atoms. The summed E-state index contributed by atoms with van der Waals surface area (Å²) < 4.78 is 33.2. The number of nitrogens with zero attached hydrogens (tertiary/aromatic N) is 5. The number of thiazole rings is 1. The predicted molar refractivity (Wildman–Crippen MR) is 154 cm³/mol. The molecule has 214 valence electrons. The SMILES string of the molecule is CCOc1cncc(-c2cnc(C(=O)N[C@H](c3cc(NS(=O)(=O)C4CC4)ccn3)[C@@H](C)CN3CCCCC3)s2)n1. The first kappa shape index (κ1) is 28.4. The average Bonchev–Trinajstić information content (AvgIpc) is 3.70. The molecular weight excluding hydrogens is 550 g/mol. The van der Waals surface area contributed by atoms with Gasteiger partial charge in [0, 0.05) is 18.9 Å². The number of ether oxygens (including phenoxy) is 1. The van der Waals surface area contributed by atoms with Crippen LogP contribution in [0.5, 0.6) is 5.88 Å². The van der Waals surface area contributed by atoms with Crippen molar-refractivity contribution < 1.29 is 17.9 Å². The molecule has 5 rings (SSSR count). The van der Waals surface area contributed by atoms with Crippen LogP contribution < -0.4 is 14.8 Å². The van der Waals surface area contributed by atoms with Crippen LogP contribution in [-0.2, 0) is 10.0 Å². The van der Waals surface area contributed by atoms with E-state index in [1.807, 2.05) is 6.92 Å². The molecule has 2 aliphatic rings. The summed E-state index contributed by atoms with van der Waals surface area (Å²) in [5.74, 6) is 0.0960. The van der Waals surface area contributed by atoms with Crippen LogP contribution in [-0.4, -0.2) is 70.7 Å². The number of hydrogen-bond donors (Lipinski definition) is 2. The summed E-state index contributed by atoms with van der Waals surface area (Å²) in [7, 11) is -3.42. The van der Waals surface area contributed by atoms with Gasteiger partial charge in [-0.05, 0) is 63.7 Å². The van der Waals surface area contributed by atoms with Crippen LogP contribution in [0.15, 0.2) is 36.9 Å². The molecule has 1 saturated carbocycles. The van der Waals surface area contributed by atoms with Crippen LogP contribution in [0.25, 0.3) is 10.6 Å². The van der Waals surface area contributed by atoms with Gasteiger partial charge in [-0.15, -0.1) is 11.3 Å². The first-order valence-electron chi connectivity index (χ1n) is 13.7. The number of sulfonamides is 1. The number of rotatable bonds is 12. The molecule has 0 radical (unpaired) electrons. The lowest BCUT2D eigenvalue weighted by Crippen LogP contribution is -2.40. The Labute approximate surface area is 238 Å². The average molecular weight is 586 g/mol. The minimum absolute atomic E-state index is 0.0120. The van der Waals surface area contributed by atoms with Gasteiger partial charge in [-0.2, -0.15) is 0 Å². The van der Waals surface area contributed by atoms with Crippen LogP contribution in [0.4, 0.5) is 5.69 Å². The topological polar surface area (TPSA) is 139 Å². The number of carbonyl (C=O) groups excluding carboxylic acids is 1. The maximum absolute atomic E-state index is 13.5. The Morgan fingerprint density at radius 2 is 1.98 bits per heavy atom. The minimum Gasteiger partial charge on any atom is -0.477 e. The molecule has 0 unspecified atom stereocenters. The highest BCUT2D eigenvalue weighted by molar-refractivity contribution is 7.93. The molecule has 0 aromatic carbocycles. The number of pyridine rings is 1. The summed E-state index contributed by atoms with van der Waals surface area (Å²) >= 11 is 1.22. The van der Waals surface area contributed by atoms with E-state index in [0.29, 0.717) is 52.3 Å². The number of carbonyl (C=O) groups is 1. The number of likely N-dealkylation sites (tertiary alicyclic amines) is 1. The van der Waals surface area contributed by atoms with Crippen molar-refractivity contribution in [2.24, 2.45) is 5.92 Å². The maximum Gasteiger partial charge on any atom is 0.280 e. The summed E-state index contributed by atoms with van der Waals surface area (Å²) in [6.07, 6.45) is 11.3. The predicted octanol–water partition coefficient (Wildman–Crippen LogP) is 3.89. The second kappa shape index (κ2) is 12.6. The van der Waals surface area contributed by atoms with Gasteiger partial charge in [-0.25, -0.2) is 18.4 Å². The molecule has 13 heteroatoms. The van der Waals surface area contributed by atoms with E-state index in [1.54, 1.807) is 36.9 Å².